The first-order chi connectivity index (χ1) is 11.3. The van der Waals surface area contributed by atoms with Crippen LogP contribution in [0.3, 0.4) is 0 Å². The number of rotatable bonds is 5. The van der Waals surface area contributed by atoms with Gasteiger partial charge >= 0.3 is 11.9 Å². The minimum atomic E-state index is -0.982. The molecule has 0 saturated heterocycles. The molecule has 1 aliphatic heterocycles. The molecule has 0 aliphatic carbocycles. The maximum Gasteiger partial charge on any atom is 0.341 e. The van der Waals surface area contributed by atoms with Gasteiger partial charge in [0.2, 0.25) is 5.90 Å². The van der Waals surface area contributed by atoms with E-state index in [-0.39, 0.29) is 6.42 Å². The van der Waals surface area contributed by atoms with Gasteiger partial charge in [0, 0.05) is 18.1 Å². The summed E-state index contributed by atoms with van der Waals surface area (Å²) in [4.78, 5) is 28.6. The van der Waals surface area contributed by atoms with Gasteiger partial charge < -0.3 is 9.47 Å². The van der Waals surface area contributed by atoms with E-state index in [0.29, 0.717) is 12.3 Å². The van der Waals surface area contributed by atoms with Crippen LogP contribution in [0.4, 0.5) is 0 Å². The second kappa shape index (κ2) is 6.99. The molecular formula is C19H23NO4. The first kappa shape index (κ1) is 17.9. The molecule has 5 nitrogen and oxygen atoms in total. The summed E-state index contributed by atoms with van der Waals surface area (Å²) in [5.74, 6) is -0.502. The summed E-state index contributed by atoms with van der Waals surface area (Å²) in [5, 5.41) is 0. The third kappa shape index (κ3) is 4.31. The highest BCUT2D eigenvalue weighted by atomic mass is 16.6. The molecule has 0 radical (unpaired) electrons. The van der Waals surface area contributed by atoms with E-state index in [0.717, 1.165) is 5.56 Å². The molecule has 0 amide bonds. The van der Waals surface area contributed by atoms with Crippen molar-refractivity contribution in [2.24, 2.45) is 4.99 Å². The molecule has 0 bridgehead atoms. The van der Waals surface area contributed by atoms with Crippen molar-refractivity contribution < 1.29 is 19.1 Å². The second-order valence-electron chi connectivity index (χ2n) is 6.70. The molecule has 2 rings (SSSR count). The highest BCUT2D eigenvalue weighted by Gasteiger charge is 2.43. The van der Waals surface area contributed by atoms with Crippen LogP contribution in [0.2, 0.25) is 0 Å². The lowest BCUT2D eigenvalue weighted by atomic mass is 9.93. The Morgan fingerprint density at radius 3 is 2.54 bits per heavy atom. The largest absolute Gasteiger partial charge is 0.457 e. The molecule has 0 saturated carbocycles. The van der Waals surface area contributed by atoms with Gasteiger partial charge in [-0.05, 0) is 39.3 Å². The van der Waals surface area contributed by atoms with Gasteiger partial charge in [0.15, 0.2) is 5.54 Å². The Morgan fingerprint density at radius 1 is 1.29 bits per heavy atom. The van der Waals surface area contributed by atoms with Crippen molar-refractivity contribution in [3.8, 4) is 0 Å². The molecule has 1 atom stereocenters. The quantitative estimate of drug-likeness (QED) is 0.613. The summed E-state index contributed by atoms with van der Waals surface area (Å²) in [6.07, 6.45) is 3.74. The normalized spacial score (nSPS) is 20.8. The van der Waals surface area contributed by atoms with E-state index in [1.807, 2.05) is 37.3 Å². The van der Waals surface area contributed by atoms with Gasteiger partial charge in [0.1, 0.15) is 5.60 Å². The summed E-state index contributed by atoms with van der Waals surface area (Å²) < 4.78 is 10.6. The number of aliphatic imine (C=N–C) groups is 1. The van der Waals surface area contributed by atoms with E-state index in [1.165, 1.54) is 6.08 Å². The minimum absolute atomic E-state index is 0.290. The average Bonchev–Trinajstić information content (AvgIpc) is 2.84. The van der Waals surface area contributed by atoms with Crippen molar-refractivity contribution in [2.45, 2.75) is 51.7 Å². The van der Waals surface area contributed by atoms with Crippen LogP contribution in [0.5, 0.6) is 0 Å². The van der Waals surface area contributed by atoms with E-state index >= 15 is 0 Å². The standard InChI is InChI=1S/C19H23NO4/c1-5-19(13-9-12-15(21)24-18(2,3)4)17(22)23-16(20-19)14-10-7-6-8-11-14/h6-12H,5,13H2,1-4H3/b12-9+/t19-/m1/s1. The van der Waals surface area contributed by atoms with Crippen LogP contribution in [-0.2, 0) is 19.1 Å². The van der Waals surface area contributed by atoms with Gasteiger partial charge in [0.05, 0.1) is 0 Å². The van der Waals surface area contributed by atoms with Crippen molar-refractivity contribution in [3.63, 3.8) is 0 Å². The van der Waals surface area contributed by atoms with Crippen molar-refractivity contribution in [1.29, 1.82) is 0 Å². The number of hydrogen-bond donors (Lipinski definition) is 0. The molecule has 24 heavy (non-hydrogen) atoms. The number of carbonyl (C=O) groups is 2. The number of benzene rings is 1. The third-order valence-corrected chi connectivity index (χ3v) is 3.61. The Hall–Kier alpha value is -2.43. The maximum atomic E-state index is 12.3. The Kier molecular flexibility index (Phi) is 5.22. The lowest BCUT2D eigenvalue weighted by Crippen LogP contribution is -2.32. The van der Waals surface area contributed by atoms with Gasteiger partial charge in [-0.15, -0.1) is 0 Å². The topological polar surface area (TPSA) is 65.0 Å². The number of esters is 2. The highest BCUT2D eigenvalue weighted by molar-refractivity contribution is 6.08. The average molecular weight is 329 g/mol. The fraction of sp³-hybridized carbons (Fsp3) is 0.421. The SMILES string of the molecule is CC[C@]1(C/C=C/C(=O)OC(C)(C)C)N=C(c2ccccc2)OC1=O. The third-order valence-electron chi connectivity index (χ3n) is 3.61. The number of carbonyl (C=O) groups excluding carboxylic acids is 2. The van der Waals surface area contributed by atoms with Gasteiger partial charge in [0.25, 0.3) is 0 Å². The molecule has 0 aromatic heterocycles. The van der Waals surface area contributed by atoms with E-state index in [2.05, 4.69) is 4.99 Å². The van der Waals surface area contributed by atoms with Gasteiger partial charge in [-0.2, -0.15) is 0 Å². The van der Waals surface area contributed by atoms with Crippen LogP contribution >= 0.6 is 0 Å². The summed E-state index contributed by atoms with van der Waals surface area (Å²) >= 11 is 0. The lowest BCUT2D eigenvalue weighted by Gasteiger charge is -2.19. The zero-order valence-corrected chi connectivity index (χ0v) is 14.5. The molecule has 0 N–H and O–H groups in total. The molecule has 1 aromatic rings. The van der Waals surface area contributed by atoms with Crippen LogP contribution in [0, 0.1) is 0 Å². The summed E-state index contributed by atoms with van der Waals surface area (Å²) in [5.41, 5.74) is -0.768. The molecule has 1 heterocycles. The van der Waals surface area contributed by atoms with Crippen molar-refractivity contribution >= 4 is 17.8 Å². The van der Waals surface area contributed by atoms with Crippen molar-refractivity contribution in [3.05, 3.63) is 48.0 Å². The van der Waals surface area contributed by atoms with E-state index in [4.69, 9.17) is 9.47 Å². The number of nitrogens with zero attached hydrogens (tertiary/aromatic N) is 1. The first-order valence-corrected chi connectivity index (χ1v) is 8.03. The maximum absolute atomic E-state index is 12.3. The van der Waals surface area contributed by atoms with Crippen LogP contribution < -0.4 is 0 Å². The zero-order chi connectivity index (χ0) is 17.8. The first-order valence-electron chi connectivity index (χ1n) is 8.03. The van der Waals surface area contributed by atoms with Crippen LogP contribution in [0.1, 0.15) is 46.1 Å². The molecule has 5 heteroatoms. The Bertz CT molecular complexity index is 670. The molecule has 0 fully saturated rings. The van der Waals surface area contributed by atoms with E-state index in [1.54, 1.807) is 26.8 Å². The number of cyclic esters (lactones) is 1. The molecular weight excluding hydrogens is 306 g/mol. The Balaban J connectivity index is 2.12. The monoisotopic (exact) mass is 329 g/mol. The molecule has 128 valence electrons. The molecule has 0 spiro atoms. The Morgan fingerprint density at radius 2 is 1.96 bits per heavy atom. The van der Waals surface area contributed by atoms with Crippen molar-refractivity contribution in [1.82, 2.24) is 0 Å². The smallest absolute Gasteiger partial charge is 0.341 e. The second-order valence-corrected chi connectivity index (χ2v) is 6.70. The van der Waals surface area contributed by atoms with Crippen LogP contribution in [-0.4, -0.2) is 29.0 Å². The van der Waals surface area contributed by atoms with Gasteiger partial charge in [-0.1, -0.05) is 31.2 Å². The van der Waals surface area contributed by atoms with Crippen LogP contribution in [0.25, 0.3) is 0 Å². The fourth-order valence-electron chi connectivity index (χ4n) is 2.33. The number of hydrogen-bond acceptors (Lipinski definition) is 5. The van der Waals surface area contributed by atoms with Gasteiger partial charge in [-0.3, -0.25) is 0 Å². The summed E-state index contributed by atoms with van der Waals surface area (Å²) in [7, 11) is 0. The summed E-state index contributed by atoms with van der Waals surface area (Å²) in [6, 6.07) is 9.29. The van der Waals surface area contributed by atoms with E-state index in [9.17, 15) is 9.59 Å². The predicted octanol–water partition coefficient (Wildman–Crippen LogP) is 3.43. The fourth-order valence-corrected chi connectivity index (χ4v) is 2.33. The zero-order valence-electron chi connectivity index (χ0n) is 14.5. The molecule has 1 aliphatic rings. The minimum Gasteiger partial charge on any atom is -0.457 e. The van der Waals surface area contributed by atoms with Crippen molar-refractivity contribution in [2.75, 3.05) is 0 Å². The van der Waals surface area contributed by atoms with Crippen LogP contribution in [0.15, 0.2) is 47.5 Å². The highest BCUT2D eigenvalue weighted by Crippen LogP contribution is 2.30. The number of ether oxygens (including phenoxy) is 2. The lowest BCUT2D eigenvalue weighted by molar-refractivity contribution is -0.148. The Labute approximate surface area is 142 Å². The summed E-state index contributed by atoms with van der Waals surface area (Å²) in [6.45, 7) is 7.28. The molecule has 0 unspecified atom stereocenters. The molecule has 1 aromatic carbocycles. The van der Waals surface area contributed by atoms with E-state index < -0.39 is 23.1 Å². The predicted molar refractivity (Wildman–Crippen MR) is 91.7 cm³/mol. The van der Waals surface area contributed by atoms with Gasteiger partial charge in [-0.25, -0.2) is 14.6 Å².